The maximum Gasteiger partial charge on any atom is 0.258 e. The molecule has 128 valence electrons. The molecular formula is C19H15ClF2N2O. The van der Waals surface area contributed by atoms with E-state index >= 15 is 0 Å². The summed E-state index contributed by atoms with van der Waals surface area (Å²) in [6.45, 7) is 1.95. The van der Waals surface area contributed by atoms with Crippen molar-refractivity contribution in [3.05, 3.63) is 70.7 Å². The molecule has 1 aliphatic carbocycles. The number of alkyl halides is 1. The van der Waals surface area contributed by atoms with Gasteiger partial charge in [-0.05, 0) is 37.3 Å². The van der Waals surface area contributed by atoms with E-state index in [-0.39, 0.29) is 12.2 Å². The Morgan fingerprint density at radius 2 is 2.12 bits per heavy atom. The molecule has 25 heavy (non-hydrogen) atoms. The number of nitrogens with zero attached hydrogens (tertiary/aromatic N) is 1. The van der Waals surface area contributed by atoms with Gasteiger partial charge in [0.05, 0.1) is 5.57 Å². The predicted octanol–water partition coefficient (Wildman–Crippen LogP) is 5.17. The second-order valence-corrected chi connectivity index (χ2v) is 6.14. The monoisotopic (exact) mass is 360 g/mol. The summed E-state index contributed by atoms with van der Waals surface area (Å²) in [5.41, 5.74) is 2.15. The molecule has 6 heteroatoms. The van der Waals surface area contributed by atoms with Crippen LogP contribution in [-0.2, 0) is 4.79 Å². The highest BCUT2D eigenvalue weighted by Crippen LogP contribution is 2.29. The molecule has 1 amide bonds. The number of allylic oxidation sites excluding steroid dienone is 3. The fourth-order valence-electron chi connectivity index (χ4n) is 2.57. The molecule has 2 aromatic rings. The third-order valence-corrected chi connectivity index (χ3v) is 4.19. The van der Waals surface area contributed by atoms with Gasteiger partial charge < -0.3 is 5.32 Å². The summed E-state index contributed by atoms with van der Waals surface area (Å²) in [5, 5.41) is 3.01. The Morgan fingerprint density at radius 1 is 1.32 bits per heavy atom. The predicted molar refractivity (Wildman–Crippen MR) is 94.8 cm³/mol. The molecule has 0 saturated carbocycles. The van der Waals surface area contributed by atoms with Crippen LogP contribution in [0.2, 0.25) is 5.02 Å². The van der Waals surface area contributed by atoms with E-state index in [1.54, 1.807) is 24.4 Å². The van der Waals surface area contributed by atoms with Crippen molar-refractivity contribution in [3.8, 4) is 11.1 Å². The van der Waals surface area contributed by atoms with Crippen LogP contribution in [0.25, 0.3) is 11.1 Å². The number of nitrogens with one attached hydrogen (secondary N) is 1. The molecule has 3 rings (SSSR count). The number of hydrogen-bond donors (Lipinski definition) is 1. The van der Waals surface area contributed by atoms with E-state index in [2.05, 4.69) is 10.3 Å². The summed E-state index contributed by atoms with van der Waals surface area (Å²) in [6.07, 6.45) is 2.33. The van der Waals surface area contributed by atoms with E-state index in [1.807, 2.05) is 19.1 Å². The minimum absolute atomic E-state index is 0.0194. The quantitative estimate of drug-likeness (QED) is 0.820. The van der Waals surface area contributed by atoms with E-state index in [9.17, 15) is 13.6 Å². The number of carbonyl (C=O) groups is 1. The third kappa shape index (κ3) is 3.77. The summed E-state index contributed by atoms with van der Waals surface area (Å²) in [5.74, 6) is -1.48. The van der Waals surface area contributed by atoms with Crippen LogP contribution in [0.1, 0.15) is 12.0 Å². The molecule has 1 aromatic heterocycles. The van der Waals surface area contributed by atoms with Gasteiger partial charge in [-0.2, -0.15) is 0 Å². The van der Waals surface area contributed by atoms with Crippen LogP contribution < -0.4 is 5.32 Å². The maximum atomic E-state index is 13.8. The molecule has 0 fully saturated rings. The average Bonchev–Trinajstić information content (AvgIpc) is 2.58. The number of aryl methyl sites for hydroxylation is 1. The topological polar surface area (TPSA) is 42.0 Å². The van der Waals surface area contributed by atoms with E-state index < -0.39 is 23.5 Å². The van der Waals surface area contributed by atoms with Crippen molar-refractivity contribution in [2.24, 2.45) is 0 Å². The van der Waals surface area contributed by atoms with Gasteiger partial charge in [-0.15, -0.1) is 0 Å². The summed E-state index contributed by atoms with van der Waals surface area (Å²) in [4.78, 5) is 16.2. The summed E-state index contributed by atoms with van der Waals surface area (Å²) in [6, 6.07) is 8.94. The van der Waals surface area contributed by atoms with Gasteiger partial charge in [0.1, 0.15) is 17.8 Å². The maximum absolute atomic E-state index is 13.8. The molecule has 0 saturated heterocycles. The van der Waals surface area contributed by atoms with Gasteiger partial charge in [-0.1, -0.05) is 29.3 Å². The number of carbonyl (C=O) groups excluding carboxylic acids is 1. The highest BCUT2D eigenvalue weighted by atomic mass is 35.5. The van der Waals surface area contributed by atoms with E-state index in [0.717, 1.165) is 22.8 Å². The van der Waals surface area contributed by atoms with Crippen LogP contribution >= 0.6 is 11.6 Å². The lowest BCUT2D eigenvalue weighted by atomic mass is 10.0. The first-order chi connectivity index (χ1) is 12.0. The van der Waals surface area contributed by atoms with Crippen molar-refractivity contribution >= 4 is 23.3 Å². The molecule has 0 bridgehead atoms. The zero-order valence-electron chi connectivity index (χ0n) is 13.4. The fourth-order valence-corrected chi connectivity index (χ4v) is 2.80. The van der Waals surface area contributed by atoms with E-state index in [4.69, 9.17) is 11.6 Å². The van der Waals surface area contributed by atoms with Gasteiger partial charge in [0, 0.05) is 28.8 Å². The van der Waals surface area contributed by atoms with Crippen LogP contribution in [0.4, 0.5) is 14.6 Å². The molecule has 3 nitrogen and oxygen atoms in total. The fraction of sp³-hybridized carbons (Fsp3) is 0.158. The number of benzene rings is 1. The second-order valence-electron chi connectivity index (χ2n) is 5.74. The third-order valence-electron chi connectivity index (χ3n) is 3.86. The van der Waals surface area contributed by atoms with Crippen molar-refractivity contribution in [3.63, 3.8) is 0 Å². The van der Waals surface area contributed by atoms with Crippen LogP contribution in [0.5, 0.6) is 0 Å². The Kier molecular flexibility index (Phi) is 4.95. The van der Waals surface area contributed by atoms with Crippen molar-refractivity contribution in [1.82, 2.24) is 4.98 Å². The van der Waals surface area contributed by atoms with Gasteiger partial charge in [-0.3, -0.25) is 4.79 Å². The molecule has 0 spiro atoms. The largest absolute Gasteiger partial charge is 0.307 e. The first-order valence-electron chi connectivity index (χ1n) is 7.70. The lowest BCUT2D eigenvalue weighted by Crippen LogP contribution is -2.24. The summed E-state index contributed by atoms with van der Waals surface area (Å²) >= 11 is 6.20. The summed E-state index contributed by atoms with van der Waals surface area (Å²) in [7, 11) is 0. The van der Waals surface area contributed by atoms with Crippen LogP contribution in [0, 0.1) is 6.92 Å². The van der Waals surface area contributed by atoms with Crippen molar-refractivity contribution in [2.45, 2.75) is 19.5 Å². The zero-order valence-corrected chi connectivity index (χ0v) is 14.1. The molecule has 1 aromatic carbocycles. The minimum atomic E-state index is -1.66. The lowest BCUT2D eigenvalue weighted by Gasteiger charge is -2.15. The Bertz CT molecular complexity index is 875. The standard InChI is InChI=1S/C19H15ClF2N2O/c1-11-5-7-14(20)13(9-11)12-6-8-17(23-10-12)24-19(25)18-15(21)3-2-4-16(18)22/h2-3,5-10,16H,4H2,1H3,(H,23,24,25). The van der Waals surface area contributed by atoms with Crippen molar-refractivity contribution < 1.29 is 13.6 Å². The smallest absolute Gasteiger partial charge is 0.258 e. The van der Waals surface area contributed by atoms with Gasteiger partial charge in [0.25, 0.3) is 5.91 Å². The van der Waals surface area contributed by atoms with E-state index in [0.29, 0.717) is 5.02 Å². The van der Waals surface area contributed by atoms with Crippen LogP contribution in [0.15, 0.2) is 60.1 Å². The Hall–Kier alpha value is -2.53. The van der Waals surface area contributed by atoms with Crippen LogP contribution in [-0.4, -0.2) is 17.1 Å². The number of amides is 1. The molecule has 1 N–H and O–H groups in total. The number of rotatable bonds is 3. The number of halogens is 3. The van der Waals surface area contributed by atoms with Crippen molar-refractivity contribution in [2.75, 3.05) is 5.32 Å². The number of anilines is 1. The van der Waals surface area contributed by atoms with Crippen molar-refractivity contribution in [1.29, 1.82) is 0 Å². The molecule has 1 aliphatic rings. The van der Waals surface area contributed by atoms with Gasteiger partial charge >= 0.3 is 0 Å². The lowest BCUT2D eigenvalue weighted by molar-refractivity contribution is -0.113. The highest BCUT2D eigenvalue weighted by molar-refractivity contribution is 6.33. The number of pyridine rings is 1. The molecule has 0 aliphatic heterocycles. The van der Waals surface area contributed by atoms with Gasteiger partial charge in [0.15, 0.2) is 0 Å². The van der Waals surface area contributed by atoms with E-state index in [1.165, 1.54) is 6.08 Å². The molecule has 1 atom stereocenters. The van der Waals surface area contributed by atoms with Gasteiger partial charge in [-0.25, -0.2) is 13.8 Å². The molecule has 1 heterocycles. The molecule has 0 radical (unpaired) electrons. The minimum Gasteiger partial charge on any atom is -0.307 e. The Balaban J connectivity index is 1.80. The molecular weight excluding hydrogens is 346 g/mol. The molecule has 1 unspecified atom stereocenters. The summed E-state index contributed by atoms with van der Waals surface area (Å²) < 4.78 is 27.5. The number of aromatic nitrogens is 1. The highest BCUT2D eigenvalue weighted by Gasteiger charge is 2.26. The number of hydrogen-bond acceptors (Lipinski definition) is 2. The Morgan fingerprint density at radius 3 is 2.80 bits per heavy atom. The van der Waals surface area contributed by atoms with Crippen LogP contribution in [0.3, 0.4) is 0 Å². The second kappa shape index (κ2) is 7.15. The van der Waals surface area contributed by atoms with Gasteiger partial charge in [0.2, 0.25) is 0 Å². The average molecular weight is 361 g/mol. The zero-order chi connectivity index (χ0) is 18.0. The Labute approximate surface area is 149 Å². The first kappa shape index (κ1) is 17.3. The first-order valence-corrected chi connectivity index (χ1v) is 8.07. The SMILES string of the molecule is Cc1ccc(Cl)c(-c2ccc(NC(=O)C3=C(F)C=CCC3F)nc2)c1. The normalized spacial score (nSPS) is 16.9.